The Hall–Kier alpha value is -2.40. The highest BCUT2D eigenvalue weighted by Crippen LogP contribution is 2.42. The molecule has 1 aliphatic carbocycles. The number of primary amides is 1. The lowest BCUT2D eigenvalue weighted by Gasteiger charge is -2.38. The van der Waals surface area contributed by atoms with Crippen LogP contribution in [0.3, 0.4) is 0 Å². The normalized spacial score (nSPS) is 24.6. The van der Waals surface area contributed by atoms with Gasteiger partial charge in [-0.1, -0.05) is 30.3 Å². The number of carbonyl (C=O) groups is 1. The monoisotopic (exact) mass is 340 g/mol. The van der Waals surface area contributed by atoms with E-state index >= 15 is 0 Å². The molecule has 0 spiro atoms. The summed E-state index contributed by atoms with van der Waals surface area (Å²) in [5.74, 6) is -0.255. The maximum atomic E-state index is 12.0. The summed E-state index contributed by atoms with van der Waals surface area (Å²) in [5.41, 5.74) is 6.34. The number of nitrogens with two attached hydrogens (primary N) is 1. The molecule has 5 nitrogen and oxygen atoms in total. The van der Waals surface area contributed by atoms with Crippen molar-refractivity contribution in [2.24, 2.45) is 17.6 Å². The van der Waals surface area contributed by atoms with Crippen LogP contribution in [0.15, 0.2) is 48.7 Å². The molecule has 0 bridgehead atoms. The third kappa shape index (κ3) is 3.99. The highest BCUT2D eigenvalue weighted by atomic mass is 16.3. The first-order chi connectivity index (χ1) is 12.0. The van der Waals surface area contributed by atoms with Crippen LogP contribution in [0.4, 0.5) is 0 Å². The second-order valence-electron chi connectivity index (χ2n) is 6.97. The third-order valence-electron chi connectivity index (χ3n) is 5.31. The number of aliphatic hydroxyl groups is 1. The van der Waals surface area contributed by atoms with Crippen LogP contribution in [-0.2, 0) is 16.8 Å². The fraction of sp³-hybridized carbons (Fsp3) is 0.400. The van der Waals surface area contributed by atoms with Gasteiger partial charge in [0.15, 0.2) is 0 Å². The van der Waals surface area contributed by atoms with Gasteiger partial charge in [-0.3, -0.25) is 9.78 Å². The van der Waals surface area contributed by atoms with Crippen LogP contribution in [0.25, 0.3) is 0 Å². The Morgan fingerprint density at radius 1 is 1.20 bits per heavy atom. The third-order valence-corrected chi connectivity index (χ3v) is 5.31. The average molecular weight is 340 g/mol. The van der Waals surface area contributed by atoms with Gasteiger partial charge in [-0.15, -0.1) is 0 Å². The predicted octanol–water partition coefficient (Wildman–Crippen LogP) is 2.51. The van der Waals surface area contributed by atoms with Crippen molar-refractivity contribution in [1.29, 1.82) is 0 Å². The summed E-state index contributed by atoms with van der Waals surface area (Å²) in [5, 5.41) is 20.3. The van der Waals surface area contributed by atoms with Crippen molar-refractivity contribution in [1.82, 2.24) is 4.98 Å². The molecule has 5 heteroatoms. The van der Waals surface area contributed by atoms with Gasteiger partial charge in [0.05, 0.1) is 11.9 Å². The summed E-state index contributed by atoms with van der Waals surface area (Å²) in [6.07, 6.45) is 4.50. The number of amides is 1. The zero-order valence-electron chi connectivity index (χ0n) is 14.1. The molecule has 1 atom stereocenters. The molecule has 1 heterocycles. The number of hydrogen-bond donors (Lipinski definition) is 3. The summed E-state index contributed by atoms with van der Waals surface area (Å²) < 4.78 is 0. The summed E-state index contributed by atoms with van der Waals surface area (Å²) in [6, 6.07) is 13.1. The minimum Gasteiger partial charge on any atom is -0.506 e. The SMILES string of the molecule is NC(=O)[C@@H](Cc1ccccc1)C1CCC(O)(c2ccc(O)cn2)CC1. The molecule has 1 aromatic heterocycles. The molecule has 3 rings (SSSR count). The van der Waals surface area contributed by atoms with Crippen LogP contribution in [0.1, 0.15) is 36.9 Å². The molecule has 0 unspecified atom stereocenters. The van der Waals surface area contributed by atoms with Crippen molar-refractivity contribution >= 4 is 5.91 Å². The van der Waals surface area contributed by atoms with Crippen LogP contribution in [0.2, 0.25) is 0 Å². The second kappa shape index (κ2) is 7.23. The Kier molecular flexibility index (Phi) is 5.04. The number of hydrogen-bond acceptors (Lipinski definition) is 4. The average Bonchev–Trinajstić information content (AvgIpc) is 2.62. The first-order valence-corrected chi connectivity index (χ1v) is 8.69. The molecule has 1 saturated carbocycles. The quantitative estimate of drug-likeness (QED) is 0.779. The van der Waals surface area contributed by atoms with E-state index in [1.54, 1.807) is 6.07 Å². The van der Waals surface area contributed by atoms with Crippen molar-refractivity contribution in [3.05, 3.63) is 59.9 Å². The van der Waals surface area contributed by atoms with Gasteiger partial charge in [-0.2, -0.15) is 0 Å². The van der Waals surface area contributed by atoms with E-state index in [1.807, 2.05) is 30.3 Å². The van der Waals surface area contributed by atoms with Gasteiger partial charge >= 0.3 is 0 Å². The number of carbonyl (C=O) groups excluding carboxylic acids is 1. The molecule has 1 fully saturated rings. The van der Waals surface area contributed by atoms with E-state index in [2.05, 4.69) is 4.98 Å². The molecule has 2 aromatic rings. The van der Waals surface area contributed by atoms with E-state index in [-0.39, 0.29) is 23.5 Å². The number of aromatic hydroxyl groups is 1. The molecule has 0 aliphatic heterocycles. The summed E-state index contributed by atoms with van der Waals surface area (Å²) in [4.78, 5) is 16.1. The van der Waals surface area contributed by atoms with Gasteiger partial charge in [0, 0.05) is 5.92 Å². The molecule has 0 radical (unpaired) electrons. The van der Waals surface area contributed by atoms with Crippen molar-refractivity contribution < 1.29 is 15.0 Å². The molecular weight excluding hydrogens is 316 g/mol. The van der Waals surface area contributed by atoms with Gasteiger partial charge in [0.25, 0.3) is 0 Å². The van der Waals surface area contributed by atoms with Crippen LogP contribution in [-0.4, -0.2) is 21.1 Å². The lowest BCUT2D eigenvalue weighted by atomic mass is 9.71. The molecule has 1 amide bonds. The van der Waals surface area contributed by atoms with Gasteiger partial charge in [-0.05, 0) is 55.7 Å². The first kappa shape index (κ1) is 17.4. The Morgan fingerprint density at radius 3 is 2.44 bits per heavy atom. The molecule has 1 aromatic carbocycles. The van der Waals surface area contributed by atoms with Crippen LogP contribution in [0, 0.1) is 11.8 Å². The maximum absolute atomic E-state index is 12.0. The Morgan fingerprint density at radius 2 is 1.88 bits per heavy atom. The molecule has 132 valence electrons. The van der Waals surface area contributed by atoms with E-state index in [4.69, 9.17) is 5.73 Å². The van der Waals surface area contributed by atoms with Gasteiger partial charge in [0.2, 0.25) is 5.91 Å². The topological polar surface area (TPSA) is 96.4 Å². The highest BCUT2D eigenvalue weighted by molar-refractivity contribution is 5.77. The number of benzene rings is 1. The van der Waals surface area contributed by atoms with Crippen molar-refractivity contribution in [2.75, 3.05) is 0 Å². The lowest BCUT2D eigenvalue weighted by Crippen LogP contribution is -2.38. The van der Waals surface area contributed by atoms with Crippen LogP contribution < -0.4 is 5.73 Å². The van der Waals surface area contributed by atoms with Crippen LogP contribution >= 0.6 is 0 Å². The minimum absolute atomic E-state index is 0.0812. The van der Waals surface area contributed by atoms with E-state index in [1.165, 1.54) is 12.3 Å². The number of nitrogens with zero attached hydrogens (tertiary/aromatic N) is 1. The predicted molar refractivity (Wildman–Crippen MR) is 94.6 cm³/mol. The highest BCUT2D eigenvalue weighted by Gasteiger charge is 2.39. The van der Waals surface area contributed by atoms with E-state index < -0.39 is 5.60 Å². The Balaban J connectivity index is 1.69. The summed E-state index contributed by atoms with van der Waals surface area (Å²) >= 11 is 0. The van der Waals surface area contributed by atoms with Gasteiger partial charge in [0.1, 0.15) is 11.4 Å². The fourth-order valence-electron chi connectivity index (χ4n) is 3.81. The van der Waals surface area contributed by atoms with Crippen molar-refractivity contribution in [2.45, 2.75) is 37.7 Å². The minimum atomic E-state index is -1.00. The van der Waals surface area contributed by atoms with Gasteiger partial charge in [-0.25, -0.2) is 0 Å². The smallest absolute Gasteiger partial charge is 0.221 e. The number of pyridine rings is 1. The standard InChI is InChI=1S/C20H24N2O3/c21-19(24)17(12-14-4-2-1-3-5-14)15-8-10-20(25,11-9-15)18-7-6-16(23)13-22-18/h1-7,13,15,17,23,25H,8-12H2,(H2,21,24)/t15?,17-,20?/m0/s1. The Bertz CT molecular complexity index is 707. The maximum Gasteiger partial charge on any atom is 0.221 e. The lowest BCUT2D eigenvalue weighted by molar-refractivity contribution is -0.125. The summed E-state index contributed by atoms with van der Waals surface area (Å²) in [6.45, 7) is 0. The van der Waals surface area contributed by atoms with E-state index in [0.29, 0.717) is 25.0 Å². The fourth-order valence-corrected chi connectivity index (χ4v) is 3.81. The van der Waals surface area contributed by atoms with E-state index in [9.17, 15) is 15.0 Å². The number of rotatable bonds is 5. The summed E-state index contributed by atoms with van der Waals surface area (Å²) in [7, 11) is 0. The zero-order valence-corrected chi connectivity index (χ0v) is 14.1. The molecular formula is C20H24N2O3. The second-order valence-corrected chi connectivity index (χ2v) is 6.97. The van der Waals surface area contributed by atoms with E-state index in [0.717, 1.165) is 18.4 Å². The van der Waals surface area contributed by atoms with Crippen molar-refractivity contribution in [3.8, 4) is 5.75 Å². The van der Waals surface area contributed by atoms with Gasteiger partial charge < -0.3 is 15.9 Å². The molecule has 25 heavy (non-hydrogen) atoms. The van der Waals surface area contributed by atoms with Crippen molar-refractivity contribution in [3.63, 3.8) is 0 Å². The largest absolute Gasteiger partial charge is 0.506 e. The first-order valence-electron chi connectivity index (χ1n) is 8.69. The molecule has 4 N–H and O–H groups in total. The molecule has 1 aliphatic rings. The zero-order chi connectivity index (χ0) is 17.9. The Labute approximate surface area is 147 Å². The number of aromatic nitrogens is 1. The molecule has 0 saturated heterocycles. The van der Waals surface area contributed by atoms with Crippen LogP contribution in [0.5, 0.6) is 5.75 Å².